The molecule has 2 atom stereocenters. The van der Waals surface area contributed by atoms with Crippen LogP contribution in [-0.4, -0.2) is 40.2 Å². The van der Waals surface area contributed by atoms with Crippen molar-refractivity contribution >= 4 is 5.91 Å². The maximum absolute atomic E-state index is 12.9. The van der Waals surface area contributed by atoms with Crippen LogP contribution in [0, 0.1) is 5.82 Å². The summed E-state index contributed by atoms with van der Waals surface area (Å²) in [6.07, 6.45) is 1.91. The van der Waals surface area contributed by atoms with Crippen LogP contribution in [0.15, 0.2) is 28.8 Å². The zero-order valence-electron chi connectivity index (χ0n) is 12.4. The third-order valence-electron chi connectivity index (χ3n) is 4.19. The van der Waals surface area contributed by atoms with E-state index < -0.39 is 0 Å². The Morgan fingerprint density at radius 1 is 1.35 bits per heavy atom. The molecule has 120 valence electrons. The van der Waals surface area contributed by atoms with Crippen LogP contribution in [-0.2, 0) is 16.0 Å². The average Bonchev–Trinajstić information content (AvgIpc) is 3.11. The average molecular weight is 317 g/mol. The topological polar surface area (TPSA) is 71.8 Å². The van der Waals surface area contributed by atoms with E-state index in [1.165, 1.54) is 12.1 Å². The number of aromatic nitrogens is 2. The lowest BCUT2D eigenvalue weighted by Crippen LogP contribution is -2.34. The van der Waals surface area contributed by atoms with Gasteiger partial charge in [0, 0.05) is 13.0 Å². The molecule has 0 saturated carbocycles. The lowest BCUT2D eigenvalue weighted by atomic mass is 10.1. The van der Waals surface area contributed by atoms with Crippen LogP contribution in [0.5, 0.6) is 0 Å². The van der Waals surface area contributed by atoms with Crippen molar-refractivity contribution in [3.05, 3.63) is 47.4 Å². The quantitative estimate of drug-likeness (QED) is 0.805. The van der Waals surface area contributed by atoms with Gasteiger partial charge in [0.05, 0.1) is 6.61 Å². The number of carbonyl (C=O) groups excluding carboxylic acids is 1. The number of benzene rings is 1. The molecular formula is C16H16FN3O3. The second-order valence-electron chi connectivity index (χ2n) is 5.86. The van der Waals surface area contributed by atoms with E-state index in [1.807, 2.05) is 0 Å². The highest BCUT2D eigenvalue weighted by Gasteiger charge is 2.41. The molecule has 1 aromatic carbocycles. The molecule has 2 fully saturated rings. The summed E-state index contributed by atoms with van der Waals surface area (Å²) in [6.45, 7) is 1.20. The van der Waals surface area contributed by atoms with Gasteiger partial charge in [-0.3, -0.25) is 4.79 Å². The summed E-state index contributed by atoms with van der Waals surface area (Å²) in [4.78, 5) is 18.4. The number of likely N-dealkylation sites (tertiary alicyclic amines) is 1. The first-order valence-electron chi connectivity index (χ1n) is 7.70. The van der Waals surface area contributed by atoms with Crippen LogP contribution in [0.3, 0.4) is 0 Å². The van der Waals surface area contributed by atoms with E-state index in [0.29, 0.717) is 31.3 Å². The molecule has 1 aromatic heterocycles. The smallest absolute Gasteiger partial charge is 0.254 e. The molecular weight excluding hydrogens is 301 g/mol. The summed E-state index contributed by atoms with van der Waals surface area (Å²) in [5.74, 6) is 0.734. The van der Waals surface area contributed by atoms with Crippen molar-refractivity contribution in [3.63, 3.8) is 0 Å². The SMILES string of the molecule is O=C(C1CO1)N1CCCC1c1nc(Cc2ccc(F)cc2)no1. The lowest BCUT2D eigenvalue weighted by molar-refractivity contribution is -0.133. The molecule has 0 spiro atoms. The molecule has 0 bridgehead atoms. The van der Waals surface area contributed by atoms with Gasteiger partial charge in [-0.25, -0.2) is 4.39 Å². The van der Waals surface area contributed by atoms with Gasteiger partial charge in [-0.15, -0.1) is 0 Å². The van der Waals surface area contributed by atoms with Crippen molar-refractivity contribution in [2.24, 2.45) is 0 Å². The second-order valence-corrected chi connectivity index (χ2v) is 5.86. The Bertz CT molecular complexity index is 712. The third kappa shape index (κ3) is 2.96. The highest BCUT2D eigenvalue weighted by molar-refractivity contribution is 5.83. The van der Waals surface area contributed by atoms with Gasteiger partial charge in [0.15, 0.2) is 11.9 Å². The molecule has 4 rings (SSSR count). The molecule has 2 aliphatic rings. The van der Waals surface area contributed by atoms with Gasteiger partial charge < -0.3 is 14.2 Å². The molecule has 0 aliphatic carbocycles. The first kappa shape index (κ1) is 14.3. The fourth-order valence-electron chi connectivity index (χ4n) is 2.92. The Balaban J connectivity index is 1.48. The predicted molar refractivity (Wildman–Crippen MR) is 76.9 cm³/mol. The highest BCUT2D eigenvalue weighted by atomic mass is 19.1. The van der Waals surface area contributed by atoms with Gasteiger partial charge in [0.25, 0.3) is 5.91 Å². The summed E-state index contributed by atoms with van der Waals surface area (Å²) in [6, 6.07) is 6.04. The monoisotopic (exact) mass is 317 g/mol. The van der Waals surface area contributed by atoms with E-state index in [2.05, 4.69) is 10.1 Å². The number of rotatable bonds is 4. The summed E-state index contributed by atoms with van der Waals surface area (Å²) in [5, 5.41) is 3.98. The molecule has 2 aromatic rings. The van der Waals surface area contributed by atoms with E-state index in [4.69, 9.17) is 9.26 Å². The Kier molecular flexibility index (Phi) is 3.57. The first-order valence-corrected chi connectivity index (χ1v) is 7.70. The second kappa shape index (κ2) is 5.73. The minimum atomic E-state index is -0.294. The zero-order valence-corrected chi connectivity index (χ0v) is 12.4. The largest absolute Gasteiger partial charge is 0.363 e. The predicted octanol–water partition coefficient (Wildman–Crippen LogP) is 1.86. The zero-order chi connectivity index (χ0) is 15.8. The molecule has 2 unspecified atom stereocenters. The number of halogens is 1. The number of epoxide rings is 1. The number of ether oxygens (including phenoxy) is 1. The van der Waals surface area contributed by atoms with Gasteiger partial charge in [-0.05, 0) is 30.5 Å². The third-order valence-corrected chi connectivity index (χ3v) is 4.19. The Morgan fingerprint density at radius 3 is 2.87 bits per heavy atom. The molecule has 1 amide bonds. The summed E-state index contributed by atoms with van der Waals surface area (Å²) < 4.78 is 23.4. The number of carbonyl (C=O) groups is 1. The maximum Gasteiger partial charge on any atom is 0.254 e. The number of nitrogens with zero attached hydrogens (tertiary/aromatic N) is 3. The van der Waals surface area contributed by atoms with Gasteiger partial charge in [-0.1, -0.05) is 17.3 Å². The minimum Gasteiger partial charge on any atom is -0.363 e. The van der Waals surface area contributed by atoms with Crippen LogP contribution in [0.2, 0.25) is 0 Å². The van der Waals surface area contributed by atoms with Crippen LogP contribution in [0.1, 0.15) is 36.2 Å². The molecule has 23 heavy (non-hydrogen) atoms. The van der Waals surface area contributed by atoms with Gasteiger partial charge in [0.2, 0.25) is 5.89 Å². The molecule has 2 aliphatic heterocycles. The Morgan fingerprint density at radius 2 is 2.13 bits per heavy atom. The van der Waals surface area contributed by atoms with Gasteiger partial charge in [0.1, 0.15) is 11.9 Å². The molecule has 7 heteroatoms. The van der Waals surface area contributed by atoms with Crippen molar-refractivity contribution in [1.82, 2.24) is 15.0 Å². The lowest BCUT2D eigenvalue weighted by Gasteiger charge is -2.20. The van der Waals surface area contributed by atoms with Gasteiger partial charge >= 0.3 is 0 Å². The summed E-state index contributed by atoms with van der Waals surface area (Å²) in [7, 11) is 0. The summed E-state index contributed by atoms with van der Waals surface area (Å²) in [5.41, 5.74) is 0.907. The molecule has 6 nitrogen and oxygen atoms in total. The molecule has 0 N–H and O–H groups in total. The molecule has 3 heterocycles. The van der Waals surface area contributed by atoms with Crippen LogP contribution >= 0.6 is 0 Å². The standard InChI is InChI=1S/C16H16FN3O3/c17-11-5-3-10(4-6-11)8-14-18-15(23-19-14)12-2-1-7-20(12)16(21)13-9-22-13/h3-6,12-13H,1-2,7-9H2. The van der Waals surface area contributed by atoms with E-state index in [9.17, 15) is 9.18 Å². The van der Waals surface area contributed by atoms with Crippen molar-refractivity contribution < 1.29 is 18.4 Å². The Labute approximate surface area is 132 Å². The van der Waals surface area contributed by atoms with Gasteiger partial charge in [-0.2, -0.15) is 4.98 Å². The van der Waals surface area contributed by atoms with Crippen molar-refractivity contribution in [2.75, 3.05) is 13.2 Å². The fourth-order valence-corrected chi connectivity index (χ4v) is 2.92. The maximum atomic E-state index is 12.9. The van der Waals surface area contributed by atoms with Crippen LogP contribution < -0.4 is 0 Å². The normalized spacial score (nSPS) is 23.3. The van der Waals surface area contributed by atoms with E-state index in [-0.39, 0.29) is 23.9 Å². The van der Waals surface area contributed by atoms with Crippen molar-refractivity contribution in [2.45, 2.75) is 31.4 Å². The Hall–Kier alpha value is -2.28. The number of hydrogen-bond donors (Lipinski definition) is 0. The van der Waals surface area contributed by atoms with E-state index >= 15 is 0 Å². The summed E-state index contributed by atoms with van der Waals surface area (Å²) >= 11 is 0. The number of amides is 1. The highest BCUT2D eigenvalue weighted by Crippen LogP contribution is 2.33. The minimum absolute atomic E-state index is 0.00536. The first-order chi connectivity index (χ1) is 11.2. The van der Waals surface area contributed by atoms with Crippen molar-refractivity contribution in [3.8, 4) is 0 Å². The van der Waals surface area contributed by atoms with E-state index in [0.717, 1.165) is 18.4 Å². The fraction of sp³-hybridized carbons (Fsp3) is 0.438. The molecule has 0 radical (unpaired) electrons. The van der Waals surface area contributed by atoms with Crippen LogP contribution in [0.25, 0.3) is 0 Å². The van der Waals surface area contributed by atoms with Crippen LogP contribution in [0.4, 0.5) is 4.39 Å². The number of hydrogen-bond acceptors (Lipinski definition) is 5. The molecule has 2 saturated heterocycles. The van der Waals surface area contributed by atoms with Crippen molar-refractivity contribution in [1.29, 1.82) is 0 Å². The van der Waals surface area contributed by atoms with E-state index in [1.54, 1.807) is 17.0 Å².